The number of hydrogen-bond donors (Lipinski definition) is 1. The number of hydrogen-bond acceptors (Lipinski definition) is 7. The predicted octanol–water partition coefficient (Wildman–Crippen LogP) is 2.17. The molecule has 2 aromatic rings. The van der Waals surface area contributed by atoms with E-state index in [1.165, 1.54) is 41.1 Å². The Morgan fingerprint density at radius 1 is 1.17 bits per heavy atom. The number of aliphatic imine (C=N–C) groups is 1. The van der Waals surface area contributed by atoms with E-state index in [9.17, 15) is 33.2 Å². The Hall–Kier alpha value is -4.10. The smallest absolute Gasteiger partial charge is 0.413 e. The number of rotatable bonds is 9. The number of carboxylic acid groups (broad SMARTS) is 1. The second-order valence-electron chi connectivity index (χ2n) is 7.94. The number of amides is 2. The maximum atomic E-state index is 12.7. The average Bonchev–Trinajstić information content (AvgIpc) is 3.34. The van der Waals surface area contributed by atoms with Gasteiger partial charge in [-0.05, 0) is 11.6 Å². The third-order valence-corrected chi connectivity index (χ3v) is 7.32. The molecule has 0 atom stereocenters. The average molecular weight is 516 g/mol. The number of carbonyl (C=O) groups is 2. The van der Waals surface area contributed by atoms with Gasteiger partial charge >= 0.3 is 6.09 Å². The minimum Gasteiger partial charge on any atom is -0.465 e. The van der Waals surface area contributed by atoms with Gasteiger partial charge in [-0.25, -0.2) is 13.2 Å². The molecule has 12 nitrogen and oxygen atoms in total. The van der Waals surface area contributed by atoms with Crippen molar-refractivity contribution in [3.8, 4) is 0 Å². The molecule has 0 saturated carbocycles. The molecule has 0 aromatic heterocycles. The quantitative estimate of drug-likeness (QED) is 0.305. The minimum atomic E-state index is -4.14. The zero-order chi connectivity index (χ0) is 26.5. The highest BCUT2D eigenvalue weighted by atomic mass is 32.2. The van der Waals surface area contributed by atoms with Crippen molar-refractivity contribution in [1.29, 1.82) is 0 Å². The van der Waals surface area contributed by atoms with Gasteiger partial charge in [0.05, 0.1) is 18.0 Å². The Balaban J connectivity index is 1.59. The van der Waals surface area contributed by atoms with Crippen molar-refractivity contribution in [3.05, 3.63) is 81.9 Å². The zero-order valence-corrected chi connectivity index (χ0v) is 20.5. The van der Waals surface area contributed by atoms with E-state index in [1.54, 1.807) is 31.3 Å². The summed E-state index contributed by atoms with van der Waals surface area (Å²) in [6.07, 6.45) is 1.54. The van der Waals surface area contributed by atoms with Crippen molar-refractivity contribution in [2.24, 2.45) is 4.99 Å². The first-order valence-electron chi connectivity index (χ1n) is 10.8. The van der Waals surface area contributed by atoms with Crippen LogP contribution in [0.2, 0.25) is 0 Å². The molecule has 0 bridgehead atoms. The Morgan fingerprint density at radius 3 is 2.47 bits per heavy atom. The predicted molar refractivity (Wildman–Crippen MR) is 131 cm³/mol. The van der Waals surface area contributed by atoms with E-state index in [1.807, 2.05) is 0 Å². The van der Waals surface area contributed by atoms with Gasteiger partial charge in [-0.3, -0.25) is 24.8 Å². The molecule has 1 N–H and O–H groups in total. The summed E-state index contributed by atoms with van der Waals surface area (Å²) < 4.78 is 26.4. The van der Waals surface area contributed by atoms with E-state index in [-0.39, 0.29) is 19.0 Å². The third kappa shape index (κ3) is 5.93. The third-order valence-electron chi connectivity index (χ3n) is 5.45. The molecule has 1 aliphatic rings. The van der Waals surface area contributed by atoms with Crippen molar-refractivity contribution in [2.75, 3.05) is 33.7 Å². The van der Waals surface area contributed by atoms with Crippen LogP contribution in [0.5, 0.6) is 0 Å². The fraction of sp³-hybridized carbons (Fsp3) is 0.261. The van der Waals surface area contributed by atoms with Crippen LogP contribution in [0.3, 0.4) is 0 Å². The second-order valence-corrected chi connectivity index (χ2v) is 9.96. The molecular formula is C23H25N5O7S. The lowest BCUT2D eigenvalue weighted by molar-refractivity contribution is -0.387. The lowest BCUT2D eigenvalue weighted by atomic mass is 10.1. The highest BCUT2D eigenvalue weighted by Gasteiger charge is 2.28. The summed E-state index contributed by atoms with van der Waals surface area (Å²) >= 11 is 0. The van der Waals surface area contributed by atoms with Crippen LogP contribution in [-0.4, -0.2) is 84.1 Å². The van der Waals surface area contributed by atoms with Crippen LogP contribution >= 0.6 is 0 Å². The minimum absolute atomic E-state index is 0.162. The van der Waals surface area contributed by atoms with Crippen molar-refractivity contribution in [1.82, 2.24) is 14.1 Å². The van der Waals surface area contributed by atoms with Gasteiger partial charge < -0.3 is 10.0 Å². The molecule has 0 unspecified atom stereocenters. The van der Waals surface area contributed by atoms with Crippen molar-refractivity contribution in [2.45, 2.75) is 11.4 Å². The van der Waals surface area contributed by atoms with E-state index in [0.29, 0.717) is 24.5 Å². The van der Waals surface area contributed by atoms with Crippen LogP contribution in [0.25, 0.3) is 0 Å². The molecule has 13 heteroatoms. The topological polar surface area (TPSA) is 154 Å². The fourth-order valence-corrected chi connectivity index (χ4v) is 4.79. The monoisotopic (exact) mass is 515 g/mol. The van der Waals surface area contributed by atoms with Crippen molar-refractivity contribution in [3.63, 3.8) is 0 Å². The van der Waals surface area contributed by atoms with Crippen LogP contribution in [0.1, 0.15) is 11.1 Å². The van der Waals surface area contributed by atoms with Gasteiger partial charge in [0.2, 0.25) is 15.9 Å². The first-order chi connectivity index (χ1) is 17.0. The molecule has 2 aromatic carbocycles. The molecule has 190 valence electrons. The number of carbonyl (C=O) groups excluding carboxylic acids is 1. The molecule has 36 heavy (non-hydrogen) atoms. The summed E-state index contributed by atoms with van der Waals surface area (Å²) in [6, 6.07) is 12.1. The van der Waals surface area contributed by atoms with Gasteiger partial charge in [-0.15, -0.1) is 0 Å². The van der Waals surface area contributed by atoms with Gasteiger partial charge in [0, 0.05) is 44.9 Å². The highest BCUT2D eigenvalue weighted by Crippen LogP contribution is 2.25. The standard InChI is InChI=1S/C23H25N5O7S/c1-25(16-17-9-11-18(12-10-17)22-24-13-15-27(22)23(30)31)21(29)8-5-14-26(2)36(34,35)20-7-4-3-6-19(20)28(32)33/h3-12H,13-16H2,1-2H3,(H,30,31)/b8-5+. The van der Waals surface area contributed by atoms with Crippen LogP contribution in [0.15, 0.2) is 70.6 Å². The van der Waals surface area contributed by atoms with Gasteiger partial charge in [0.15, 0.2) is 4.90 Å². The number of nitro groups is 1. The van der Waals surface area contributed by atoms with Gasteiger partial charge in [0.25, 0.3) is 5.69 Å². The molecule has 3 rings (SSSR count). The Morgan fingerprint density at radius 2 is 1.83 bits per heavy atom. The molecule has 0 fully saturated rings. The first kappa shape index (κ1) is 26.5. The van der Waals surface area contributed by atoms with Crippen LogP contribution < -0.4 is 0 Å². The van der Waals surface area contributed by atoms with Crippen LogP contribution in [0, 0.1) is 10.1 Å². The number of sulfonamides is 1. The number of nitro benzene ring substituents is 1. The zero-order valence-electron chi connectivity index (χ0n) is 19.6. The summed E-state index contributed by atoms with van der Waals surface area (Å²) in [4.78, 5) is 40.6. The Labute approximate surface area is 208 Å². The van der Waals surface area contributed by atoms with Gasteiger partial charge in [0.1, 0.15) is 5.84 Å². The summed E-state index contributed by atoms with van der Waals surface area (Å²) in [5.74, 6) is 0.0223. The number of amidine groups is 1. The molecule has 2 amide bonds. The summed E-state index contributed by atoms with van der Waals surface area (Å²) in [5, 5.41) is 20.4. The van der Waals surface area contributed by atoms with Crippen LogP contribution in [-0.2, 0) is 21.4 Å². The fourth-order valence-electron chi connectivity index (χ4n) is 3.51. The van der Waals surface area contributed by atoms with Crippen LogP contribution in [0.4, 0.5) is 10.5 Å². The van der Waals surface area contributed by atoms with Gasteiger partial charge in [-0.2, -0.15) is 4.31 Å². The van der Waals surface area contributed by atoms with E-state index < -0.39 is 31.6 Å². The van der Waals surface area contributed by atoms with Crippen molar-refractivity contribution >= 4 is 33.5 Å². The normalized spacial score (nSPS) is 13.8. The second kappa shape index (κ2) is 11.1. The molecule has 0 saturated heterocycles. The molecule has 0 aliphatic carbocycles. The number of likely N-dealkylation sites (N-methyl/N-ethyl adjacent to an activating group) is 2. The number of benzene rings is 2. The summed E-state index contributed by atoms with van der Waals surface area (Å²) in [7, 11) is -1.28. The van der Waals surface area contributed by atoms with E-state index in [0.717, 1.165) is 22.0 Å². The summed E-state index contributed by atoms with van der Waals surface area (Å²) in [5.41, 5.74) is 0.945. The maximum absolute atomic E-state index is 12.7. The molecule has 0 radical (unpaired) electrons. The lowest BCUT2D eigenvalue weighted by Crippen LogP contribution is -2.33. The maximum Gasteiger partial charge on any atom is 0.413 e. The van der Waals surface area contributed by atoms with Crippen molar-refractivity contribution < 1.29 is 28.0 Å². The summed E-state index contributed by atoms with van der Waals surface area (Å²) in [6.45, 7) is 0.828. The number of para-hydroxylation sites is 1. The lowest BCUT2D eigenvalue weighted by Gasteiger charge is -2.17. The molecular weight excluding hydrogens is 490 g/mol. The SMILES string of the molecule is CN(Cc1ccc(C2=NCCN2C(=O)O)cc1)C(=O)/C=C/CN(C)S(=O)(=O)c1ccccc1[N+](=O)[O-]. The van der Waals surface area contributed by atoms with Gasteiger partial charge in [-0.1, -0.05) is 42.5 Å². The molecule has 0 spiro atoms. The highest BCUT2D eigenvalue weighted by molar-refractivity contribution is 7.89. The first-order valence-corrected chi connectivity index (χ1v) is 12.2. The van der Waals surface area contributed by atoms with E-state index in [4.69, 9.17) is 0 Å². The Kier molecular flexibility index (Phi) is 8.17. The molecule has 1 heterocycles. The van der Waals surface area contributed by atoms with E-state index in [2.05, 4.69) is 4.99 Å². The Bertz CT molecular complexity index is 1320. The number of nitrogens with zero attached hydrogens (tertiary/aromatic N) is 5. The molecule has 1 aliphatic heterocycles. The largest absolute Gasteiger partial charge is 0.465 e. The van der Waals surface area contributed by atoms with E-state index >= 15 is 0 Å².